The van der Waals surface area contributed by atoms with Crippen molar-refractivity contribution in [2.45, 2.75) is 398 Å². The van der Waals surface area contributed by atoms with E-state index >= 15 is 0 Å². The van der Waals surface area contributed by atoms with Gasteiger partial charge < -0.3 is 20.3 Å². The predicted molar refractivity (Wildman–Crippen MR) is 315 cm³/mol. The molecule has 0 saturated carbocycles. The Labute approximate surface area is 451 Å². The molecule has 0 aromatic rings. The maximum absolute atomic E-state index is 12.5. The summed E-state index contributed by atoms with van der Waals surface area (Å²) in [6, 6.07) is -0.536. The SMILES string of the molecule is CCCCCCCCCCCCCCCC(=O)OCCCCCCCCCCCCCCCCCCCCCCCCCCCCCCCC(=O)NC(CO)C(O)CCCCCCCCCCCCCCC. The number of aliphatic hydroxyl groups is 2. The molecule has 0 bridgehead atoms. The minimum Gasteiger partial charge on any atom is -0.466 e. The number of hydrogen-bond acceptors (Lipinski definition) is 5. The highest BCUT2D eigenvalue weighted by Crippen LogP contribution is 2.19. The third kappa shape index (κ3) is 58.1. The molecular formula is C66H131NO5. The topological polar surface area (TPSA) is 95.9 Å². The van der Waals surface area contributed by atoms with Crippen LogP contribution in [0.3, 0.4) is 0 Å². The average molecular weight is 1020 g/mol. The van der Waals surface area contributed by atoms with Crippen molar-refractivity contribution in [1.82, 2.24) is 5.32 Å². The fourth-order valence-corrected chi connectivity index (χ4v) is 10.8. The first-order chi connectivity index (χ1) is 35.5. The van der Waals surface area contributed by atoms with Gasteiger partial charge in [0.2, 0.25) is 5.91 Å². The summed E-state index contributed by atoms with van der Waals surface area (Å²) in [7, 11) is 0. The van der Waals surface area contributed by atoms with E-state index in [1.54, 1.807) is 0 Å². The van der Waals surface area contributed by atoms with E-state index in [9.17, 15) is 19.8 Å². The zero-order valence-corrected chi connectivity index (χ0v) is 49.2. The standard InChI is InChI=1S/C66H131NO5/c1-3-5-7-9-11-13-15-34-38-42-46-50-54-58-64(69)63(62-68)67-65(70)59-55-51-47-43-39-36-32-30-28-26-24-22-20-18-17-19-21-23-25-27-29-31-33-37-41-45-49-53-57-61-72-66(71)60-56-52-48-44-40-35-16-14-12-10-8-6-4-2/h63-64,68-69H,3-62H2,1-2H3,(H,67,70). The molecule has 0 aromatic carbocycles. The van der Waals surface area contributed by atoms with Crippen molar-refractivity contribution in [1.29, 1.82) is 0 Å². The second kappa shape index (κ2) is 62.4. The van der Waals surface area contributed by atoms with Crippen molar-refractivity contribution >= 4 is 11.9 Å². The van der Waals surface area contributed by atoms with E-state index in [0.717, 1.165) is 38.5 Å². The molecule has 0 rings (SSSR count). The van der Waals surface area contributed by atoms with Gasteiger partial charge in [0.25, 0.3) is 0 Å². The van der Waals surface area contributed by atoms with E-state index in [1.165, 1.54) is 315 Å². The van der Waals surface area contributed by atoms with E-state index in [0.29, 0.717) is 25.9 Å². The number of amides is 1. The van der Waals surface area contributed by atoms with Gasteiger partial charge in [-0.15, -0.1) is 0 Å². The Morgan fingerprint density at radius 2 is 0.569 bits per heavy atom. The van der Waals surface area contributed by atoms with Gasteiger partial charge >= 0.3 is 5.97 Å². The lowest BCUT2D eigenvalue weighted by Crippen LogP contribution is -2.45. The van der Waals surface area contributed by atoms with Crippen LogP contribution < -0.4 is 5.32 Å². The molecule has 430 valence electrons. The van der Waals surface area contributed by atoms with Crippen LogP contribution in [0.15, 0.2) is 0 Å². The van der Waals surface area contributed by atoms with E-state index < -0.39 is 12.1 Å². The van der Waals surface area contributed by atoms with Crippen molar-refractivity contribution in [3.8, 4) is 0 Å². The summed E-state index contributed by atoms with van der Waals surface area (Å²) in [5, 5.41) is 23.3. The van der Waals surface area contributed by atoms with Gasteiger partial charge in [-0.1, -0.05) is 348 Å². The first-order valence-electron chi connectivity index (χ1n) is 33.3. The molecule has 0 aromatic heterocycles. The summed E-state index contributed by atoms with van der Waals surface area (Å²) in [6.45, 7) is 4.99. The van der Waals surface area contributed by atoms with E-state index in [-0.39, 0.29) is 18.5 Å². The van der Waals surface area contributed by atoms with Crippen molar-refractivity contribution in [3.63, 3.8) is 0 Å². The number of rotatable bonds is 63. The molecule has 0 aliphatic carbocycles. The highest BCUT2D eigenvalue weighted by molar-refractivity contribution is 5.76. The molecule has 0 saturated heterocycles. The zero-order valence-electron chi connectivity index (χ0n) is 49.2. The van der Waals surface area contributed by atoms with Crippen LogP contribution in [-0.4, -0.2) is 47.4 Å². The molecule has 0 spiro atoms. The number of carbonyl (C=O) groups is 2. The van der Waals surface area contributed by atoms with Crippen molar-refractivity contribution < 1.29 is 24.5 Å². The number of nitrogens with one attached hydrogen (secondary N) is 1. The van der Waals surface area contributed by atoms with Gasteiger partial charge in [-0.05, 0) is 25.7 Å². The third-order valence-electron chi connectivity index (χ3n) is 15.9. The molecule has 6 heteroatoms. The summed E-state index contributed by atoms with van der Waals surface area (Å²) in [5.74, 6) is -0.00689. The number of ether oxygens (including phenoxy) is 1. The number of aliphatic hydroxyl groups excluding tert-OH is 2. The van der Waals surface area contributed by atoms with Gasteiger partial charge in [0.1, 0.15) is 0 Å². The van der Waals surface area contributed by atoms with Gasteiger partial charge in [0.15, 0.2) is 0 Å². The third-order valence-corrected chi connectivity index (χ3v) is 15.9. The second-order valence-corrected chi connectivity index (χ2v) is 23.2. The van der Waals surface area contributed by atoms with Crippen LogP contribution >= 0.6 is 0 Å². The largest absolute Gasteiger partial charge is 0.466 e. The van der Waals surface area contributed by atoms with E-state index in [4.69, 9.17) is 4.74 Å². The maximum atomic E-state index is 12.5. The summed E-state index contributed by atoms with van der Waals surface area (Å²) in [5.41, 5.74) is 0. The Morgan fingerprint density at radius 3 is 0.847 bits per heavy atom. The highest BCUT2D eigenvalue weighted by atomic mass is 16.5. The lowest BCUT2D eigenvalue weighted by atomic mass is 10.0. The monoisotopic (exact) mass is 1020 g/mol. The Kier molecular flexibility index (Phi) is 61.4. The fraction of sp³-hybridized carbons (Fsp3) is 0.970. The fourth-order valence-electron chi connectivity index (χ4n) is 10.8. The molecule has 3 N–H and O–H groups in total. The Hall–Kier alpha value is -1.14. The summed E-state index contributed by atoms with van der Waals surface area (Å²) < 4.78 is 5.49. The average Bonchev–Trinajstić information content (AvgIpc) is 3.38. The molecule has 0 aliphatic rings. The summed E-state index contributed by atoms with van der Waals surface area (Å²) in [4.78, 5) is 24.5. The lowest BCUT2D eigenvalue weighted by molar-refractivity contribution is -0.143. The molecule has 0 aliphatic heterocycles. The van der Waals surface area contributed by atoms with Gasteiger partial charge in [-0.3, -0.25) is 9.59 Å². The maximum Gasteiger partial charge on any atom is 0.305 e. The summed E-state index contributed by atoms with van der Waals surface area (Å²) in [6.07, 6.45) is 74.3. The molecule has 2 atom stereocenters. The van der Waals surface area contributed by atoms with Crippen LogP contribution in [0.4, 0.5) is 0 Å². The van der Waals surface area contributed by atoms with Crippen molar-refractivity contribution in [3.05, 3.63) is 0 Å². The van der Waals surface area contributed by atoms with Gasteiger partial charge in [0.05, 0.1) is 25.4 Å². The van der Waals surface area contributed by atoms with E-state index in [1.807, 2.05) is 0 Å². The zero-order chi connectivity index (χ0) is 52.2. The Morgan fingerprint density at radius 1 is 0.333 bits per heavy atom. The number of esters is 1. The smallest absolute Gasteiger partial charge is 0.305 e. The molecular weight excluding hydrogens is 887 g/mol. The molecule has 0 heterocycles. The van der Waals surface area contributed by atoms with Crippen LogP contribution in [-0.2, 0) is 14.3 Å². The molecule has 0 fully saturated rings. The minimum absolute atomic E-state index is 0.0220. The first-order valence-corrected chi connectivity index (χ1v) is 33.3. The van der Waals surface area contributed by atoms with E-state index in [2.05, 4.69) is 19.2 Å². The number of hydrogen-bond donors (Lipinski definition) is 3. The Balaban J connectivity index is 3.31. The minimum atomic E-state index is -0.659. The van der Waals surface area contributed by atoms with Crippen molar-refractivity contribution in [2.24, 2.45) is 0 Å². The van der Waals surface area contributed by atoms with Crippen LogP contribution in [0.1, 0.15) is 386 Å². The second-order valence-electron chi connectivity index (χ2n) is 23.2. The van der Waals surface area contributed by atoms with Crippen molar-refractivity contribution in [2.75, 3.05) is 13.2 Å². The van der Waals surface area contributed by atoms with Crippen LogP contribution in [0, 0.1) is 0 Å². The molecule has 2 unspecified atom stereocenters. The molecule has 72 heavy (non-hydrogen) atoms. The summed E-state index contributed by atoms with van der Waals surface area (Å²) >= 11 is 0. The van der Waals surface area contributed by atoms with Crippen LogP contribution in [0.25, 0.3) is 0 Å². The van der Waals surface area contributed by atoms with Gasteiger partial charge in [0, 0.05) is 12.8 Å². The number of carbonyl (C=O) groups excluding carboxylic acids is 2. The quantitative estimate of drug-likeness (QED) is 0.0417. The molecule has 0 radical (unpaired) electrons. The predicted octanol–water partition coefficient (Wildman–Crippen LogP) is 21.0. The lowest BCUT2D eigenvalue weighted by Gasteiger charge is -2.22. The van der Waals surface area contributed by atoms with Crippen LogP contribution in [0.2, 0.25) is 0 Å². The molecule has 6 nitrogen and oxygen atoms in total. The number of unbranched alkanes of at least 4 members (excludes halogenated alkanes) is 52. The first kappa shape index (κ1) is 70.9. The normalized spacial score (nSPS) is 12.4. The molecule has 1 amide bonds. The van der Waals surface area contributed by atoms with Gasteiger partial charge in [-0.25, -0.2) is 0 Å². The highest BCUT2D eigenvalue weighted by Gasteiger charge is 2.20. The van der Waals surface area contributed by atoms with Crippen LogP contribution in [0.5, 0.6) is 0 Å². The van der Waals surface area contributed by atoms with Gasteiger partial charge in [-0.2, -0.15) is 0 Å². The Bertz CT molecular complexity index is 1040.